The largest absolute Gasteiger partial charge is 0.310 e. The second-order valence-electron chi connectivity index (χ2n) is 17.7. The van der Waals surface area contributed by atoms with Crippen LogP contribution in [0.15, 0.2) is 182 Å². The molecule has 0 aromatic heterocycles. The number of benzene rings is 8. The summed E-state index contributed by atoms with van der Waals surface area (Å²) in [6.45, 7) is 13.2. The summed E-state index contributed by atoms with van der Waals surface area (Å²) in [5, 5.41) is 0. The Kier molecular flexibility index (Phi) is 11.4. The van der Waals surface area contributed by atoms with E-state index < -0.39 is 0 Å². The van der Waals surface area contributed by atoms with E-state index >= 15 is 0 Å². The van der Waals surface area contributed by atoms with E-state index in [9.17, 15) is 0 Å². The van der Waals surface area contributed by atoms with Crippen molar-refractivity contribution >= 4 is 34.1 Å². The summed E-state index contributed by atoms with van der Waals surface area (Å²) in [6, 6.07) is 68.2. The molecule has 62 heavy (non-hydrogen) atoms. The van der Waals surface area contributed by atoms with Gasteiger partial charge in [-0.1, -0.05) is 128 Å². The fourth-order valence-electron chi connectivity index (χ4n) is 9.76. The van der Waals surface area contributed by atoms with E-state index in [0.717, 1.165) is 24.2 Å². The van der Waals surface area contributed by atoms with Crippen LogP contribution in [0.25, 0.3) is 22.3 Å². The van der Waals surface area contributed by atoms with Gasteiger partial charge in [0.1, 0.15) is 0 Å². The maximum Gasteiger partial charge on any atom is 0.0464 e. The third-order valence-electron chi connectivity index (χ3n) is 13.7. The first-order valence-electron chi connectivity index (χ1n) is 22.5. The molecule has 1 fully saturated rings. The Morgan fingerprint density at radius 1 is 0.306 bits per heavy atom. The summed E-state index contributed by atoms with van der Waals surface area (Å²) in [6.07, 6.45) is 6.04. The molecule has 8 aromatic rings. The Labute approximate surface area is 370 Å². The van der Waals surface area contributed by atoms with Crippen molar-refractivity contribution in [1.82, 2.24) is 0 Å². The summed E-state index contributed by atoms with van der Waals surface area (Å²) < 4.78 is 0. The Balaban J connectivity index is 1.07. The van der Waals surface area contributed by atoms with Crippen LogP contribution in [0, 0.1) is 41.5 Å². The summed E-state index contributed by atoms with van der Waals surface area (Å²) in [7, 11) is 0. The van der Waals surface area contributed by atoms with Gasteiger partial charge >= 0.3 is 0 Å². The SMILES string of the molecule is Cc1ccc(N(c2ccc(-c3ccccc3C)cc2)c2ccc(C3(c4ccc(N(c5ccc(-c6ccccc6C)cc5)c5ccc(C)c(C)c5)cc4)CCCCC3)cc2)cc1C. The standard InChI is InChI=1S/C60H58N2/c1-42-18-28-56(40-46(42)5)61(52-30-20-48(21-31-52)58-16-10-8-14-44(58)3)54-34-24-50(25-35-54)60(38-12-7-13-39-60)51-26-36-55(37-27-51)62(57-29-19-43(2)47(6)41-57)53-32-22-49(23-33-53)59-17-11-9-15-45(59)4/h8-11,14-37,40-41H,7,12-13,38-39H2,1-6H3. The van der Waals surface area contributed by atoms with Crippen molar-refractivity contribution in [1.29, 1.82) is 0 Å². The molecule has 0 spiro atoms. The second kappa shape index (κ2) is 17.4. The molecule has 9 rings (SSSR count). The van der Waals surface area contributed by atoms with Crippen molar-refractivity contribution in [3.8, 4) is 22.3 Å². The molecule has 0 bridgehead atoms. The van der Waals surface area contributed by atoms with Crippen molar-refractivity contribution in [2.75, 3.05) is 9.80 Å². The molecule has 0 amide bonds. The number of rotatable bonds is 10. The molecule has 1 aliphatic rings. The van der Waals surface area contributed by atoms with E-state index in [4.69, 9.17) is 0 Å². The quantitative estimate of drug-likeness (QED) is 0.136. The van der Waals surface area contributed by atoms with Crippen LogP contribution in [-0.2, 0) is 5.41 Å². The Bertz CT molecular complexity index is 2620. The summed E-state index contributed by atoms with van der Waals surface area (Å²) in [5.74, 6) is 0. The highest BCUT2D eigenvalue weighted by Crippen LogP contribution is 2.47. The van der Waals surface area contributed by atoms with Crippen molar-refractivity contribution in [3.05, 3.63) is 226 Å². The molecule has 0 radical (unpaired) electrons. The number of nitrogens with zero attached hydrogens (tertiary/aromatic N) is 2. The number of hydrogen-bond acceptors (Lipinski definition) is 2. The number of anilines is 6. The minimum Gasteiger partial charge on any atom is -0.310 e. The summed E-state index contributed by atoms with van der Waals surface area (Å²) in [4.78, 5) is 4.82. The Hall–Kier alpha value is -6.64. The van der Waals surface area contributed by atoms with Crippen LogP contribution in [0.3, 0.4) is 0 Å². The van der Waals surface area contributed by atoms with Gasteiger partial charge in [-0.05, 0) is 194 Å². The van der Waals surface area contributed by atoms with Crippen molar-refractivity contribution in [3.63, 3.8) is 0 Å². The molecular formula is C60H58N2. The average molecular weight is 807 g/mol. The van der Waals surface area contributed by atoms with E-state index in [1.54, 1.807) is 0 Å². The lowest BCUT2D eigenvalue weighted by Crippen LogP contribution is -2.30. The summed E-state index contributed by atoms with van der Waals surface area (Å²) >= 11 is 0. The molecule has 0 unspecified atom stereocenters. The first kappa shape index (κ1) is 40.7. The molecule has 8 aromatic carbocycles. The van der Waals surface area contributed by atoms with Gasteiger partial charge in [0.25, 0.3) is 0 Å². The minimum atomic E-state index is -0.0454. The molecular weight excluding hydrogens is 749 g/mol. The maximum absolute atomic E-state index is 2.42. The normalized spacial score (nSPS) is 13.5. The van der Waals surface area contributed by atoms with Crippen LogP contribution in [0.1, 0.15) is 76.6 Å². The predicted molar refractivity (Wildman–Crippen MR) is 265 cm³/mol. The number of hydrogen-bond donors (Lipinski definition) is 0. The molecule has 1 saturated carbocycles. The second-order valence-corrected chi connectivity index (χ2v) is 17.7. The zero-order valence-corrected chi connectivity index (χ0v) is 37.3. The lowest BCUT2D eigenvalue weighted by Gasteiger charge is -2.39. The van der Waals surface area contributed by atoms with E-state index in [1.807, 2.05) is 0 Å². The zero-order chi connectivity index (χ0) is 42.8. The molecule has 308 valence electrons. The highest BCUT2D eigenvalue weighted by Gasteiger charge is 2.36. The number of aryl methyl sites for hydroxylation is 6. The van der Waals surface area contributed by atoms with E-state index in [0.29, 0.717) is 0 Å². The Morgan fingerprint density at radius 3 is 1.00 bits per heavy atom. The first-order chi connectivity index (χ1) is 30.2. The average Bonchev–Trinajstić information content (AvgIpc) is 3.30. The molecule has 2 nitrogen and oxygen atoms in total. The van der Waals surface area contributed by atoms with Crippen LogP contribution < -0.4 is 9.80 Å². The molecule has 0 atom stereocenters. The van der Waals surface area contributed by atoms with Gasteiger partial charge in [0.15, 0.2) is 0 Å². The van der Waals surface area contributed by atoms with Crippen LogP contribution >= 0.6 is 0 Å². The maximum atomic E-state index is 2.42. The van der Waals surface area contributed by atoms with E-state index in [-0.39, 0.29) is 5.41 Å². The van der Waals surface area contributed by atoms with Crippen molar-refractivity contribution in [2.24, 2.45) is 0 Å². The highest BCUT2D eigenvalue weighted by atomic mass is 15.1. The topological polar surface area (TPSA) is 6.48 Å². The lowest BCUT2D eigenvalue weighted by atomic mass is 9.65. The van der Waals surface area contributed by atoms with Crippen LogP contribution in [-0.4, -0.2) is 0 Å². The molecule has 0 N–H and O–H groups in total. The lowest BCUT2D eigenvalue weighted by molar-refractivity contribution is 0.346. The molecule has 0 heterocycles. The van der Waals surface area contributed by atoms with Gasteiger partial charge in [-0.2, -0.15) is 0 Å². The molecule has 0 aliphatic heterocycles. The smallest absolute Gasteiger partial charge is 0.0464 e. The van der Waals surface area contributed by atoms with Crippen LogP contribution in [0.5, 0.6) is 0 Å². The highest BCUT2D eigenvalue weighted by molar-refractivity contribution is 5.81. The monoisotopic (exact) mass is 806 g/mol. The Morgan fingerprint density at radius 2 is 0.645 bits per heavy atom. The summed E-state index contributed by atoms with van der Waals surface area (Å²) in [5.41, 5.74) is 22.5. The van der Waals surface area contributed by atoms with E-state index in [1.165, 1.54) is 109 Å². The molecule has 1 aliphatic carbocycles. The van der Waals surface area contributed by atoms with Gasteiger partial charge < -0.3 is 9.80 Å². The molecule has 0 saturated heterocycles. The third-order valence-corrected chi connectivity index (χ3v) is 13.7. The zero-order valence-electron chi connectivity index (χ0n) is 37.3. The molecule has 2 heteroatoms. The van der Waals surface area contributed by atoms with Crippen molar-refractivity contribution in [2.45, 2.75) is 79.1 Å². The minimum absolute atomic E-state index is 0.0454. The van der Waals surface area contributed by atoms with Gasteiger partial charge in [0.2, 0.25) is 0 Å². The fourth-order valence-corrected chi connectivity index (χ4v) is 9.76. The van der Waals surface area contributed by atoms with Crippen LogP contribution in [0.2, 0.25) is 0 Å². The van der Waals surface area contributed by atoms with Gasteiger partial charge in [-0.15, -0.1) is 0 Å². The predicted octanol–water partition coefficient (Wildman–Crippen LogP) is 17.1. The van der Waals surface area contributed by atoms with Gasteiger partial charge in [0, 0.05) is 39.5 Å². The van der Waals surface area contributed by atoms with E-state index in [2.05, 4.69) is 233 Å². The third kappa shape index (κ3) is 7.98. The van der Waals surface area contributed by atoms with Crippen molar-refractivity contribution < 1.29 is 0 Å². The van der Waals surface area contributed by atoms with Crippen LogP contribution in [0.4, 0.5) is 34.1 Å². The fraction of sp³-hybridized carbons (Fsp3) is 0.200. The first-order valence-corrected chi connectivity index (χ1v) is 22.5. The van der Waals surface area contributed by atoms with Gasteiger partial charge in [0.05, 0.1) is 0 Å². The van der Waals surface area contributed by atoms with Gasteiger partial charge in [-0.25, -0.2) is 0 Å². The van der Waals surface area contributed by atoms with Gasteiger partial charge in [-0.3, -0.25) is 0 Å².